The maximum atomic E-state index is 4.71. The van der Waals surface area contributed by atoms with Crippen LogP contribution in [0.3, 0.4) is 0 Å². The molecule has 0 saturated carbocycles. The lowest BCUT2D eigenvalue weighted by Crippen LogP contribution is -2.42. The molecule has 2 atom stereocenters. The van der Waals surface area contributed by atoms with E-state index in [-0.39, 0.29) is 0 Å². The van der Waals surface area contributed by atoms with Crippen LogP contribution in [0.25, 0.3) is 0 Å². The monoisotopic (exact) mass is 307 g/mol. The maximum absolute atomic E-state index is 4.71. The summed E-state index contributed by atoms with van der Waals surface area (Å²) in [6.07, 6.45) is 6.23. The summed E-state index contributed by atoms with van der Waals surface area (Å²) in [4.78, 5) is 4.71. The van der Waals surface area contributed by atoms with E-state index in [0.29, 0.717) is 12.0 Å². The summed E-state index contributed by atoms with van der Waals surface area (Å²) in [5.41, 5.74) is 0. The highest BCUT2D eigenvalue weighted by Crippen LogP contribution is 2.06. The molecule has 1 heterocycles. The highest BCUT2D eigenvalue weighted by Gasteiger charge is 2.08. The van der Waals surface area contributed by atoms with Crippen molar-refractivity contribution < 1.29 is 0 Å². The van der Waals surface area contributed by atoms with Crippen LogP contribution in [0.2, 0.25) is 0 Å². The fourth-order valence-corrected chi connectivity index (χ4v) is 2.24. The first-order chi connectivity index (χ1) is 10.5. The third-order valence-corrected chi connectivity index (χ3v) is 3.52. The van der Waals surface area contributed by atoms with Crippen LogP contribution in [0.4, 0.5) is 0 Å². The second-order valence-corrected chi connectivity index (χ2v) is 6.57. The number of nitrogens with zero attached hydrogens (tertiary/aromatic N) is 3. The zero-order valence-corrected chi connectivity index (χ0v) is 14.8. The lowest BCUT2D eigenvalue weighted by atomic mass is 10.0. The lowest BCUT2D eigenvalue weighted by molar-refractivity contribution is 0.456. The van der Waals surface area contributed by atoms with Crippen LogP contribution in [0, 0.1) is 11.8 Å². The van der Waals surface area contributed by atoms with Gasteiger partial charge >= 0.3 is 0 Å². The minimum absolute atomic E-state index is 0.446. The highest BCUT2D eigenvalue weighted by molar-refractivity contribution is 5.80. The van der Waals surface area contributed by atoms with Crippen LogP contribution >= 0.6 is 0 Å². The smallest absolute Gasteiger partial charge is 0.191 e. The average Bonchev–Trinajstić information content (AvgIpc) is 2.95. The van der Waals surface area contributed by atoms with E-state index in [4.69, 9.17) is 4.99 Å². The molecule has 0 aliphatic heterocycles. The number of aliphatic imine (C=N–C) groups is 1. The van der Waals surface area contributed by atoms with Crippen LogP contribution in [-0.4, -0.2) is 34.9 Å². The molecule has 1 aromatic heterocycles. The van der Waals surface area contributed by atoms with Crippen molar-refractivity contribution in [2.24, 2.45) is 16.8 Å². The van der Waals surface area contributed by atoms with Gasteiger partial charge in [-0.1, -0.05) is 20.8 Å². The fourth-order valence-electron chi connectivity index (χ4n) is 2.24. The topological polar surface area (TPSA) is 54.2 Å². The number of nitrogens with one attached hydrogen (secondary N) is 2. The predicted molar refractivity (Wildman–Crippen MR) is 94.0 cm³/mol. The normalized spacial score (nSPS) is 14.9. The third kappa shape index (κ3) is 8.05. The Morgan fingerprint density at radius 1 is 1.23 bits per heavy atom. The highest BCUT2D eigenvalue weighted by atomic mass is 15.3. The Morgan fingerprint density at radius 2 is 2.00 bits per heavy atom. The first-order valence-electron chi connectivity index (χ1n) is 8.53. The molecule has 0 amide bonds. The van der Waals surface area contributed by atoms with Crippen LogP contribution < -0.4 is 10.6 Å². The number of aromatic nitrogens is 2. The number of hydrogen-bond acceptors (Lipinski definition) is 2. The number of guanidine groups is 1. The minimum atomic E-state index is 0.446. The van der Waals surface area contributed by atoms with Gasteiger partial charge in [0.2, 0.25) is 0 Å². The molecule has 126 valence electrons. The minimum Gasteiger partial charge on any atom is -0.357 e. The quantitative estimate of drug-likeness (QED) is 0.545. The van der Waals surface area contributed by atoms with E-state index in [2.05, 4.69) is 50.4 Å². The van der Waals surface area contributed by atoms with Gasteiger partial charge in [0.05, 0.1) is 0 Å². The molecule has 0 bridgehead atoms. The number of hydrogen-bond donors (Lipinski definition) is 2. The van der Waals surface area contributed by atoms with Gasteiger partial charge in [-0.05, 0) is 44.6 Å². The van der Waals surface area contributed by atoms with Crippen LogP contribution in [0.15, 0.2) is 23.5 Å². The Bertz CT molecular complexity index is 411. The molecule has 0 aliphatic rings. The van der Waals surface area contributed by atoms with Crippen LogP contribution in [-0.2, 0) is 6.54 Å². The second-order valence-electron chi connectivity index (χ2n) is 6.57. The summed E-state index contributed by atoms with van der Waals surface area (Å²) < 4.78 is 1.96. The maximum Gasteiger partial charge on any atom is 0.191 e. The summed E-state index contributed by atoms with van der Waals surface area (Å²) in [6.45, 7) is 13.6. The summed E-state index contributed by atoms with van der Waals surface area (Å²) in [5, 5.41) is 11.1. The van der Waals surface area contributed by atoms with E-state index in [9.17, 15) is 0 Å². The van der Waals surface area contributed by atoms with Gasteiger partial charge in [0, 0.05) is 38.1 Å². The van der Waals surface area contributed by atoms with Gasteiger partial charge in [0.25, 0.3) is 0 Å². The molecule has 1 aromatic rings. The van der Waals surface area contributed by atoms with Crippen molar-refractivity contribution in [1.82, 2.24) is 20.4 Å². The SMILES string of the molecule is CCNC(=NCC(C)Cn1cccn1)NC(C)CCC(C)C. The van der Waals surface area contributed by atoms with E-state index in [1.165, 1.54) is 12.8 Å². The standard InChI is InChI=1S/C17H33N5/c1-6-18-17(21-16(5)9-8-14(2)3)19-12-15(4)13-22-11-7-10-20-22/h7,10-11,14-16H,6,8-9,12-13H2,1-5H3,(H2,18,19,21). The summed E-state index contributed by atoms with van der Waals surface area (Å²) in [6, 6.07) is 2.40. The molecule has 0 radical (unpaired) electrons. The Kier molecular flexibility index (Phi) is 8.63. The Balaban J connectivity index is 2.43. The van der Waals surface area contributed by atoms with Gasteiger partial charge in [-0.25, -0.2) is 0 Å². The molecule has 0 aromatic carbocycles. The van der Waals surface area contributed by atoms with E-state index >= 15 is 0 Å². The van der Waals surface area contributed by atoms with Crippen molar-refractivity contribution in [3.63, 3.8) is 0 Å². The first-order valence-corrected chi connectivity index (χ1v) is 8.53. The van der Waals surface area contributed by atoms with Crippen molar-refractivity contribution in [1.29, 1.82) is 0 Å². The molecular weight excluding hydrogens is 274 g/mol. The molecule has 2 unspecified atom stereocenters. The molecular formula is C17H33N5. The van der Waals surface area contributed by atoms with Gasteiger partial charge < -0.3 is 10.6 Å². The first kappa shape index (κ1) is 18.5. The summed E-state index contributed by atoms with van der Waals surface area (Å²) >= 11 is 0. The van der Waals surface area contributed by atoms with Gasteiger partial charge in [0.15, 0.2) is 5.96 Å². The molecule has 0 saturated heterocycles. The fraction of sp³-hybridized carbons (Fsp3) is 0.765. The Morgan fingerprint density at radius 3 is 2.59 bits per heavy atom. The molecule has 22 heavy (non-hydrogen) atoms. The van der Waals surface area contributed by atoms with Crippen molar-refractivity contribution >= 4 is 5.96 Å². The summed E-state index contributed by atoms with van der Waals surface area (Å²) in [5.74, 6) is 2.13. The molecule has 1 rings (SSSR count). The lowest BCUT2D eigenvalue weighted by Gasteiger charge is -2.19. The van der Waals surface area contributed by atoms with E-state index in [0.717, 1.165) is 31.5 Å². The molecule has 5 heteroatoms. The molecule has 0 fully saturated rings. The van der Waals surface area contributed by atoms with Gasteiger partial charge in [-0.2, -0.15) is 5.10 Å². The van der Waals surface area contributed by atoms with Crippen molar-refractivity contribution in [3.05, 3.63) is 18.5 Å². The van der Waals surface area contributed by atoms with Gasteiger partial charge in [-0.15, -0.1) is 0 Å². The van der Waals surface area contributed by atoms with E-state index in [1.54, 1.807) is 0 Å². The van der Waals surface area contributed by atoms with Crippen molar-refractivity contribution in [2.75, 3.05) is 13.1 Å². The van der Waals surface area contributed by atoms with E-state index < -0.39 is 0 Å². The zero-order valence-electron chi connectivity index (χ0n) is 14.8. The Hall–Kier alpha value is -1.52. The largest absolute Gasteiger partial charge is 0.357 e. The predicted octanol–water partition coefficient (Wildman–Crippen LogP) is 2.90. The number of rotatable bonds is 9. The Labute approximate surface area is 135 Å². The van der Waals surface area contributed by atoms with Crippen molar-refractivity contribution in [2.45, 2.75) is 60.0 Å². The third-order valence-electron chi connectivity index (χ3n) is 3.52. The van der Waals surface area contributed by atoms with Crippen molar-refractivity contribution in [3.8, 4) is 0 Å². The molecule has 2 N–H and O–H groups in total. The van der Waals surface area contributed by atoms with Crippen LogP contribution in [0.5, 0.6) is 0 Å². The van der Waals surface area contributed by atoms with Crippen LogP contribution in [0.1, 0.15) is 47.5 Å². The van der Waals surface area contributed by atoms with Gasteiger partial charge in [0.1, 0.15) is 0 Å². The zero-order chi connectivity index (χ0) is 16.4. The second kappa shape index (κ2) is 10.2. The van der Waals surface area contributed by atoms with Gasteiger partial charge in [-0.3, -0.25) is 9.67 Å². The molecule has 0 spiro atoms. The average molecular weight is 307 g/mol. The van der Waals surface area contributed by atoms with E-state index in [1.807, 2.05) is 23.1 Å². The summed E-state index contributed by atoms with van der Waals surface area (Å²) in [7, 11) is 0. The molecule has 5 nitrogen and oxygen atoms in total. The molecule has 0 aliphatic carbocycles.